The molecule has 38 heavy (non-hydrogen) atoms. The van der Waals surface area contributed by atoms with Crippen LogP contribution in [0.15, 0.2) is 78.9 Å². The monoisotopic (exact) mass is 532 g/mol. The summed E-state index contributed by atoms with van der Waals surface area (Å²) in [4.78, 5) is 15.8. The fourth-order valence-corrected chi connectivity index (χ4v) is 4.66. The fraction of sp³-hybridized carbons (Fsp3) is 0.300. The molecule has 0 aromatic heterocycles. The van der Waals surface area contributed by atoms with Crippen molar-refractivity contribution in [1.29, 1.82) is 0 Å². The molecule has 8 heteroatoms. The molecule has 7 nitrogen and oxygen atoms in total. The highest BCUT2D eigenvalue weighted by Crippen LogP contribution is 2.30. The van der Waals surface area contributed by atoms with Crippen LogP contribution in [0.1, 0.15) is 29.2 Å². The van der Waals surface area contributed by atoms with Crippen LogP contribution in [-0.2, 0) is 0 Å². The van der Waals surface area contributed by atoms with Gasteiger partial charge < -0.3 is 10.5 Å². The third kappa shape index (κ3) is 7.98. The van der Waals surface area contributed by atoms with E-state index in [1.165, 1.54) is 11.1 Å². The quantitative estimate of drug-likeness (QED) is 0.238. The van der Waals surface area contributed by atoms with E-state index < -0.39 is 6.03 Å². The van der Waals surface area contributed by atoms with Crippen LogP contribution >= 0.6 is 11.6 Å². The second-order valence-corrected chi connectivity index (χ2v) is 9.57. The van der Waals surface area contributed by atoms with Gasteiger partial charge in [0.15, 0.2) is 0 Å². The maximum atomic E-state index is 10.8. The largest absolute Gasteiger partial charge is 0.492 e. The van der Waals surface area contributed by atoms with Gasteiger partial charge in [0.1, 0.15) is 12.4 Å². The van der Waals surface area contributed by atoms with Crippen LogP contribution in [0.5, 0.6) is 5.75 Å². The molecule has 0 radical (unpaired) electrons. The molecule has 0 spiro atoms. The first kappa shape index (κ1) is 27.5. The third-order valence-electron chi connectivity index (χ3n) is 6.52. The van der Waals surface area contributed by atoms with E-state index in [-0.39, 0.29) is 12.6 Å². The zero-order valence-corrected chi connectivity index (χ0v) is 22.1. The molecular weight excluding hydrogens is 500 g/mol. The molecule has 1 aliphatic rings. The molecule has 1 aliphatic heterocycles. The molecule has 1 unspecified atom stereocenters. The molecular formula is C30H33ClN4O3. The summed E-state index contributed by atoms with van der Waals surface area (Å²) in [7, 11) is 0. The predicted molar refractivity (Wildman–Crippen MR) is 149 cm³/mol. The number of piperazine rings is 1. The lowest BCUT2D eigenvalue weighted by molar-refractivity contribution is -0.0372. The number of halogens is 1. The minimum Gasteiger partial charge on any atom is -0.492 e. The van der Waals surface area contributed by atoms with E-state index in [9.17, 15) is 10.0 Å². The van der Waals surface area contributed by atoms with Crippen molar-refractivity contribution >= 4 is 17.6 Å². The first-order chi connectivity index (χ1) is 18.5. The number of hydroxylamine groups is 2. The Bertz CT molecular complexity index is 1240. The molecule has 2 amide bonds. The number of benzene rings is 3. The van der Waals surface area contributed by atoms with Crippen LogP contribution in [0.2, 0.25) is 5.02 Å². The van der Waals surface area contributed by atoms with Gasteiger partial charge in [-0.2, -0.15) is 0 Å². The van der Waals surface area contributed by atoms with E-state index in [1.54, 1.807) is 0 Å². The van der Waals surface area contributed by atoms with Gasteiger partial charge in [0, 0.05) is 49.7 Å². The Labute approximate surface area is 229 Å². The lowest BCUT2D eigenvalue weighted by Crippen LogP contribution is -2.48. The van der Waals surface area contributed by atoms with E-state index in [4.69, 9.17) is 22.1 Å². The summed E-state index contributed by atoms with van der Waals surface area (Å²) in [6, 6.07) is 25.7. The SMILES string of the molecule is NC(=O)N(O)CCC#Cc1cccc(OCCN2CCN(C(c3ccccc3)c3ccc(Cl)cc3)CC2)c1. The highest BCUT2D eigenvalue weighted by Gasteiger charge is 2.26. The lowest BCUT2D eigenvalue weighted by Gasteiger charge is -2.39. The standard InChI is InChI=1S/C30H33ClN4O3/c31-27-14-12-26(13-15-27)29(25-9-2-1-3-10-25)34-19-17-33(18-20-34)21-22-38-28-11-6-8-24(23-28)7-4-5-16-35(37)30(32)36/h1-3,6,8-15,23,29,37H,5,16-22H2,(H2,32,36). The van der Waals surface area contributed by atoms with Crippen molar-refractivity contribution in [2.24, 2.45) is 5.73 Å². The second-order valence-electron chi connectivity index (χ2n) is 9.13. The van der Waals surface area contributed by atoms with Gasteiger partial charge in [0.2, 0.25) is 0 Å². The van der Waals surface area contributed by atoms with Gasteiger partial charge in [-0.15, -0.1) is 0 Å². The second kappa shape index (κ2) is 13.8. The van der Waals surface area contributed by atoms with Crippen molar-refractivity contribution in [2.75, 3.05) is 45.9 Å². The molecule has 3 aromatic carbocycles. The summed E-state index contributed by atoms with van der Waals surface area (Å²) in [6.45, 7) is 5.38. The van der Waals surface area contributed by atoms with E-state index in [0.29, 0.717) is 18.1 Å². The van der Waals surface area contributed by atoms with Crippen LogP contribution in [-0.4, -0.2) is 72.0 Å². The van der Waals surface area contributed by atoms with Gasteiger partial charge in [0.25, 0.3) is 0 Å². The van der Waals surface area contributed by atoms with Crippen LogP contribution in [0.4, 0.5) is 4.79 Å². The minimum atomic E-state index is -0.888. The molecule has 0 bridgehead atoms. The van der Waals surface area contributed by atoms with E-state index in [1.807, 2.05) is 36.4 Å². The first-order valence-electron chi connectivity index (χ1n) is 12.7. The summed E-state index contributed by atoms with van der Waals surface area (Å²) >= 11 is 6.15. The number of rotatable bonds is 9. The predicted octanol–water partition coefficient (Wildman–Crippen LogP) is 4.64. The molecule has 0 saturated carbocycles. The van der Waals surface area contributed by atoms with E-state index in [2.05, 4.69) is 64.1 Å². The van der Waals surface area contributed by atoms with Crippen LogP contribution < -0.4 is 10.5 Å². The molecule has 1 atom stereocenters. The maximum absolute atomic E-state index is 10.8. The Morgan fingerprint density at radius 1 is 1.00 bits per heavy atom. The number of carbonyl (C=O) groups is 1. The Morgan fingerprint density at radius 3 is 2.42 bits per heavy atom. The molecule has 1 fully saturated rings. The van der Waals surface area contributed by atoms with Gasteiger partial charge in [-0.25, -0.2) is 9.86 Å². The molecule has 1 saturated heterocycles. The minimum absolute atomic E-state index is 0.0670. The van der Waals surface area contributed by atoms with Crippen molar-refractivity contribution in [1.82, 2.24) is 14.9 Å². The number of hydrogen-bond acceptors (Lipinski definition) is 5. The van der Waals surface area contributed by atoms with Crippen LogP contribution in [0.25, 0.3) is 0 Å². The first-order valence-corrected chi connectivity index (χ1v) is 13.1. The van der Waals surface area contributed by atoms with E-state index in [0.717, 1.165) is 49.1 Å². The zero-order valence-electron chi connectivity index (χ0n) is 21.3. The van der Waals surface area contributed by atoms with E-state index >= 15 is 0 Å². The van der Waals surface area contributed by atoms with Crippen molar-refractivity contribution < 1.29 is 14.7 Å². The van der Waals surface area contributed by atoms with Gasteiger partial charge in [-0.1, -0.05) is 72.0 Å². The Balaban J connectivity index is 1.26. The molecule has 198 valence electrons. The van der Waals surface area contributed by atoms with Gasteiger partial charge in [-0.3, -0.25) is 15.0 Å². The van der Waals surface area contributed by atoms with Gasteiger partial charge >= 0.3 is 6.03 Å². The Hall–Kier alpha value is -3.54. The van der Waals surface area contributed by atoms with Gasteiger partial charge in [-0.05, 0) is 41.5 Å². The van der Waals surface area contributed by atoms with Crippen LogP contribution in [0, 0.1) is 11.8 Å². The molecule has 4 rings (SSSR count). The summed E-state index contributed by atoms with van der Waals surface area (Å²) in [5, 5.41) is 10.5. The number of ether oxygens (including phenoxy) is 1. The fourth-order valence-electron chi connectivity index (χ4n) is 4.53. The highest BCUT2D eigenvalue weighted by molar-refractivity contribution is 6.30. The Kier molecular flexibility index (Phi) is 10.0. The topological polar surface area (TPSA) is 82.3 Å². The summed E-state index contributed by atoms with van der Waals surface area (Å²) < 4.78 is 6.00. The number of primary amides is 1. The number of carbonyl (C=O) groups excluding carboxylic acids is 1. The highest BCUT2D eigenvalue weighted by atomic mass is 35.5. The molecule has 1 heterocycles. The van der Waals surface area contributed by atoms with Crippen molar-refractivity contribution in [3.63, 3.8) is 0 Å². The summed E-state index contributed by atoms with van der Waals surface area (Å²) in [5.41, 5.74) is 8.34. The number of nitrogens with zero attached hydrogens (tertiary/aromatic N) is 3. The molecule has 3 aromatic rings. The normalized spacial score (nSPS) is 14.8. The van der Waals surface area contributed by atoms with Gasteiger partial charge in [0.05, 0.1) is 12.6 Å². The molecule has 3 N–H and O–H groups in total. The smallest absolute Gasteiger partial charge is 0.338 e. The summed E-state index contributed by atoms with van der Waals surface area (Å²) in [5.74, 6) is 6.72. The van der Waals surface area contributed by atoms with Crippen LogP contribution in [0.3, 0.4) is 0 Å². The average Bonchev–Trinajstić information content (AvgIpc) is 2.94. The van der Waals surface area contributed by atoms with Crippen molar-refractivity contribution in [2.45, 2.75) is 12.5 Å². The lowest BCUT2D eigenvalue weighted by atomic mass is 9.96. The maximum Gasteiger partial charge on any atom is 0.338 e. The summed E-state index contributed by atoms with van der Waals surface area (Å²) in [6.07, 6.45) is 0.319. The zero-order chi connectivity index (χ0) is 26.7. The molecule has 0 aliphatic carbocycles. The number of amides is 2. The van der Waals surface area contributed by atoms with Crippen molar-refractivity contribution in [3.8, 4) is 17.6 Å². The Morgan fingerprint density at radius 2 is 1.71 bits per heavy atom. The number of nitrogens with two attached hydrogens (primary N) is 1. The van der Waals surface area contributed by atoms with Crippen molar-refractivity contribution in [3.05, 3.63) is 101 Å². The number of hydrogen-bond donors (Lipinski definition) is 2. The average molecular weight is 533 g/mol. The number of urea groups is 1. The third-order valence-corrected chi connectivity index (χ3v) is 6.77.